The molecule has 0 fully saturated rings. The molecule has 0 aromatic rings. The lowest BCUT2D eigenvalue weighted by Crippen LogP contribution is -2.05. The van der Waals surface area contributed by atoms with E-state index in [2.05, 4.69) is 13.5 Å². The highest BCUT2D eigenvalue weighted by Gasteiger charge is 2.13. The van der Waals surface area contributed by atoms with Crippen molar-refractivity contribution in [3.63, 3.8) is 0 Å². The first-order valence-corrected chi connectivity index (χ1v) is 3.73. The van der Waals surface area contributed by atoms with E-state index in [4.69, 9.17) is 5.11 Å². The van der Waals surface area contributed by atoms with Gasteiger partial charge in [-0.15, -0.1) is 0 Å². The minimum absolute atomic E-state index is 0.553. The number of rotatable bonds is 1. The van der Waals surface area contributed by atoms with E-state index in [9.17, 15) is 0 Å². The lowest BCUT2D eigenvalue weighted by molar-refractivity contribution is 0.349. The van der Waals surface area contributed by atoms with E-state index in [-0.39, 0.29) is 0 Å². The molecule has 1 aliphatic rings. The Morgan fingerprint density at radius 3 is 2.90 bits per heavy atom. The summed E-state index contributed by atoms with van der Waals surface area (Å²) in [4.78, 5) is 0. The zero-order chi connectivity index (χ0) is 7.56. The van der Waals surface area contributed by atoms with Gasteiger partial charge in [-0.05, 0) is 31.8 Å². The second kappa shape index (κ2) is 2.91. The van der Waals surface area contributed by atoms with E-state index >= 15 is 0 Å². The van der Waals surface area contributed by atoms with Gasteiger partial charge in [-0.3, -0.25) is 0 Å². The Morgan fingerprint density at radius 1 is 1.80 bits per heavy atom. The summed E-state index contributed by atoms with van der Waals surface area (Å²) in [6.45, 7) is 5.95. The Hall–Kier alpha value is -0.720. The molecular weight excluding hydrogens is 124 g/mol. The molecule has 56 valence electrons. The Labute approximate surface area is 62.1 Å². The van der Waals surface area contributed by atoms with Crippen molar-refractivity contribution in [1.82, 2.24) is 0 Å². The molecule has 0 heterocycles. The van der Waals surface area contributed by atoms with Gasteiger partial charge in [0.2, 0.25) is 0 Å². The van der Waals surface area contributed by atoms with Gasteiger partial charge in [0.15, 0.2) is 0 Å². The van der Waals surface area contributed by atoms with Crippen LogP contribution in [0.3, 0.4) is 0 Å². The third kappa shape index (κ3) is 1.63. The van der Waals surface area contributed by atoms with Crippen LogP contribution in [0.25, 0.3) is 0 Å². The van der Waals surface area contributed by atoms with Gasteiger partial charge in [-0.25, -0.2) is 0 Å². The van der Waals surface area contributed by atoms with Crippen LogP contribution in [0.15, 0.2) is 24.0 Å². The monoisotopic (exact) mass is 138 g/mol. The van der Waals surface area contributed by atoms with Crippen LogP contribution in [-0.4, -0.2) is 5.11 Å². The van der Waals surface area contributed by atoms with Gasteiger partial charge in [0.05, 0.1) is 5.76 Å². The molecule has 1 aliphatic carbocycles. The molecule has 0 aliphatic heterocycles. The molecule has 0 amide bonds. The summed E-state index contributed by atoms with van der Waals surface area (Å²) in [6.07, 6.45) is 4.78. The predicted octanol–water partition coefficient (Wildman–Crippen LogP) is 2.80. The van der Waals surface area contributed by atoms with E-state index in [1.165, 1.54) is 5.57 Å². The fraction of sp³-hybridized carbons (Fsp3) is 0.556. The molecular formula is C9H14O. The minimum Gasteiger partial charge on any atom is -0.513 e. The average molecular weight is 138 g/mol. The summed E-state index contributed by atoms with van der Waals surface area (Å²) >= 11 is 0. The minimum atomic E-state index is 0.553. The lowest BCUT2D eigenvalue weighted by atomic mass is 9.88. The van der Waals surface area contributed by atoms with E-state index < -0.39 is 0 Å². The summed E-state index contributed by atoms with van der Waals surface area (Å²) in [6, 6.07) is 0. The first-order chi connectivity index (χ1) is 4.70. The fourth-order valence-electron chi connectivity index (χ4n) is 1.27. The topological polar surface area (TPSA) is 20.2 Å². The normalized spacial score (nSPS) is 25.7. The quantitative estimate of drug-likeness (QED) is 0.552. The number of aliphatic hydroxyl groups is 1. The van der Waals surface area contributed by atoms with Gasteiger partial charge >= 0.3 is 0 Å². The van der Waals surface area contributed by atoms with Crippen molar-refractivity contribution in [1.29, 1.82) is 0 Å². The van der Waals surface area contributed by atoms with Crippen molar-refractivity contribution < 1.29 is 5.11 Å². The molecule has 1 nitrogen and oxygen atoms in total. The van der Waals surface area contributed by atoms with Crippen LogP contribution >= 0.6 is 0 Å². The van der Waals surface area contributed by atoms with E-state index in [0.717, 1.165) is 19.3 Å². The zero-order valence-electron chi connectivity index (χ0n) is 6.43. The number of hydrogen-bond acceptors (Lipinski definition) is 1. The highest BCUT2D eigenvalue weighted by molar-refractivity contribution is 5.06. The standard InChI is InChI=1S/C9H14O/c1-7(2)8-3-5-9(10)6-4-8/h5,8,10H,1,3-4,6H2,2H3. The van der Waals surface area contributed by atoms with Crippen LogP contribution in [0.4, 0.5) is 0 Å². The summed E-state index contributed by atoms with van der Waals surface area (Å²) in [7, 11) is 0. The van der Waals surface area contributed by atoms with Gasteiger partial charge in [-0.2, -0.15) is 0 Å². The van der Waals surface area contributed by atoms with Crippen LogP contribution in [0.2, 0.25) is 0 Å². The average Bonchev–Trinajstić information content (AvgIpc) is 1.88. The van der Waals surface area contributed by atoms with E-state index in [1.54, 1.807) is 0 Å². The lowest BCUT2D eigenvalue weighted by Gasteiger charge is -2.18. The summed E-state index contributed by atoms with van der Waals surface area (Å²) < 4.78 is 0. The Morgan fingerprint density at radius 2 is 2.50 bits per heavy atom. The molecule has 1 atom stereocenters. The summed E-state index contributed by atoms with van der Waals surface area (Å²) in [5, 5.41) is 9.04. The predicted molar refractivity (Wildman–Crippen MR) is 42.9 cm³/mol. The highest BCUT2D eigenvalue weighted by atomic mass is 16.3. The molecule has 0 saturated heterocycles. The maximum Gasteiger partial charge on any atom is 0.0883 e. The number of hydrogen-bond donors (Lipinski definition) is 1. The Kier molecular flexibility index (Phi) is 2.15. The van der Waals surface area contributed by atoms with Crippen LogP contribution in [0.5, 0.6) is 0 Å². The molecule has 0 radical (unpaired) electrons. The smallest absolute Gasteiger partial charge is 0.0883 e. The SMILES string of the molecule is C=C(C)C1CC=C(O)CC1. The highest BCUT2D eigenvalue weighted by Crippen LogP contribution is 2.26. The van der Waals surface area contributed by atoms with Gasteiger partial charge < -0.3 is 5.11 Å². The third-order valence-corrected chi connectivity index (χ3v) is 2.08. The number of allylic oxidation sites excluding steroid dienone is 3. The van der Waals surface area contributed by atoms with E-state index in [0.29, 0.717) is 11.7 Å². The zero-order valence-corrected chi connectivity index (χ0v) is 6.43. The maximum absolute atomic E-state index is 9.04. The van der Waals surface area contributed by atoms with Crippen molar-refractivity contribution in [2.75, 3.05) is 0 Å². The van der Waals surface area contributed by atoms with Crippen molar-refractivity contribution in [3.8, 4) is 0 Å². The summed E-state index contributed by atoms with van der Waals surface area (Å²) in [5.41, 5.74) is 1.24. The first-order valence-electron chi connectivity index (χ1n) is 3.73. The molecule has 1 heteroatoms. The largest absolute Gasteiger partial charge is 0.513 e. The molecule has 10 heavy (non-hydrogen) atoms. The van der Waals surface area contributed by atoms with Crippen LogP contribution in [0, 0.1) is 5.92 Å². The summed E-state index contributed by atoms with van der Waals surface area (Å²) in [5.74, 6) is 1.16. The third-order valence-electron chi connectivity index (χ3n) is 2.08. The molecule has 0 aromatic carbocycles. The molecule has 1 unspecified atom stereocenters. The number of aliphatic hydroxyl groups excluding tert-OH is 1. The van der Waals surface area contributed by atoms with Crippen molar-refractivity contribution in [3.05, 3.63) is 24.0 Å². The molecule has 1 rings (SSSR count). The van der Waals surface area contributed by atoms with Crippen molar-refractivity contribution >= 4 is 0 Å². The van der Waals surface area contributed by atoms with Crippen molar-refractivity contribution in [2.24, 2.45) is 5.92 Å². The van der Waals surface area contributed by atoms with Crippen molar-refractivity contribution in [2.45, 2.75) is 26.2 Å². The second-order valence-electron chi connectivity index (χ2n) is 3.01. The Bertz CT molecular complexity index is 168. The Balaban J connectivity index is 2.50. The van der Waals surface area contributed by atoms with Gasteiger partial charge in [0.25, 0.3) is 0 Å². The fourth-order valence-corrected chi connectivity index (χ4v) is 1.27. The molecule has 0 spiro atoms. The molecule has 0 aromatic heterocycles. The van der Waals surface area contributed by atoms with Crippen LogP contribution < -0.4 is 0 Å². The first kappa shape index (κ1) is 7.39. The maximum atomic E-state index is 9.04. The van der Waals surface area contributed by atoms with Gasteiger partial charge in [0.1, 0.15) is 0 Å². The van der Waals surface area contributed by atoms with Gasteiger partial charge in [-0.1, -0.05) is 12.2 Å². The van der Waals surface area contributed by atoms with Crippen LogP contribution in [-0.2, 0) is 0 Å². The molecule has 0 saturated carbocycles. The second-order valence-corrected chi connectivity index (χ2v) is 3.01. The van der Waals surface area contributed by atoms with Gasteiger partial charge in [0, 0.05) is 6.42 Å². The molecule has 0 bridgehead atoms. The molecule has 1 N–H and O–H groups in total. The van der Waals surface area contributed by atoms with Crippen LogP contribution in [0.1, 0.15) is 26.2 Å². The van der Waals surface area contributed by atoms with E-state index in [1.807, 2.05) is 6.08 Å².